The number of nitrogens with zero attached hydrogens (tertiary/aromatic N) is 1. The molecular weight excluding hydrogens is 304 g/mol. The lowest BCUT2D eigenvalue weighted by atomic mass is 10.00. The Labute approximate surface area is 134 Å². The lowest BCUT2D eigenvalue weighted by Crippen LogP contribution is -2.44. The molecule has 1 saturated heterocycles. The number of carbonyl (C=O) groups is 1. The van der Waals surface area contributed by atoms with Gasteiger partial charge in [0.25, 0.3) is 0 Å². The van der Waals surface area contributed by atoms with Crippen LogP contribution in [-0.2, 0) is 4.74 Å². The maximum atomic E-state index is 12.0. The number of piperidine rings is 1. The summed E-state index contributed by atoms with van der Waals surface area (Å²) in [5.41, 5.74) is 0.588. The number of methoxy groups -OCH3 is 1. The molecule has 6 heteroatoms. The van der Waals surface area contributed by atoms with Gasteiger partial charge in [-0.3, -0.25) is 10.2 Å². The quantitative estimate of drug-likeness (QED) is 0.868. The molecule has 22 heavy (non-hydrogen) atoms. The maximum Gasteiger partial charge on any atom is 0.411 e. The molecule has 3 atom stereocenters. The molecule has 1 aromatic rings. The predicted molar refractivity (Wildman–Crippen MR) is 85.6 cm³/mol. The minimum Gasteiger partial charge on any atom is -0.495 e. The fourth-order valence-corrected chi connectivity index (χ4v) is 3.30. The second kappa shape index (κ2) is 6.18. The van der Waals surface area contributed by atoms with Crippen LogP contribution in [0.25, 0.3) is 0 Å². The number of anilines is 1. The number of fused-ring (bicyclic) bond motifs is 2. The SMILES string of the molecule is COc1ccc(NC(=O)OC2C[C@H]3C=C[C@@H](C2)N3C)cc1Cl. The van der Waals surface area contributed by atoms with Crippen molar-refractivity contribution in [2.24, 2.45) is 0 Å². The Bertz CT molecular complexity index is 589. The number of benzene rings is 1. The van der Waals surface area contributed by atoms with Crippen LogP contribution in [0.4, 0.5) is 10.5 Å². The summed E-state index contributed by atoms with van der Waals surface area (Å²) in [4.78, 5) is 14.3. The van der Waals surface area contributed by atoms with Gasteiger partial charge in [-0.05, 0) is 25.2 Å². The Morgan fingerprint density at radius 2 is 2.00 bits per heavy atom. The second-order valence-electron chi connectivity index (χ2n) is 5.66. The molecule has 0 spiro atoms. The van der Waals surface area contributed by atoms with Gasteiger partial charge in [-0.15, -0.1) is 0 Å². The highest BCUT2D eigenvalue weighted by Crippen LogP contribution is 2.31. The van der Waals surface area contributed by atoms with E-state index in [1.165, 1.54) is 0 Å². The minimum atomic E-state index is -0.449. The van der Waals surface area contributed by atoms with Crippen LogP contribution in [0.1, 0.15) is 12.8 Å². The van der Waals surface area contributed by atoms with E-state index in [1.807, 2.05) is 0 Å². The van der Waals surface area contributed by atoms with Crippen molar-refractivity contribution >= 4 is 23.4 Å². The van der Waals surface area contributed by atoms with Gasteiger partial charge in [0, 0.05) is 30.6 Å². The molecule has 118 valence electrons. The summed E-state index contributed by atoms with van der Waals surface area (Å²) in [7, 11) is 3.65. The zero-order valence-electron chi connectivity index (χ0n) is 12.6. The van der Waals surface area contributed by atoms with Crippen LogP contribution in [0.3, 0.4) is 0 Å². The van der Waals surface area contributed by atoms with Gasteiger partial charge >= 0.3 is 6.09 Å². The summed E-state index contributed by atoms with van der Waals surface area (Å²) in [5, 5.41) is 3.15. The van der Waals surface area contributed by atoms with Crippen LogP contribution >= 0.6 is 11.6 Å². The fourth-order valence-electron chi connectivity index (χ4n) is 3.04. The van der Waals surface area contributed by atoms with Gasteiger partial charge in [-0.2, -0.15) is 0 Å². The summed E-state index contributed by atoms with van der Waals surface area (Å²) in [5.74, 6) is 0.568. The molecule has 0 saturated carbocycles. The number of amides is 1. The van der Waals surface area contributed by atoms with Crippen molar-refractivity contribution in [1.29, 1.82) is 0 Å². The normalized spacial score (nSPS) is 26.8. The lowest BCUT2D eigenvalue weighted by Gasteiger charge is -2.35. The molecule has 5 nitrogen and oxygen atoms in total. The lowest BCUT2D eigenvalue weighted by molar-refractivity contribution is 0.0411. The van der Waals surface area contributed by atoms with Crippen LogP contribution in [0.15, 0.2) is 30.4 Å². The Hall–Kier alpha value is -1.72. The first-order chi connectivity index (χ1) is 10.6. The molecule has 1 amide bonds. The Kier molecular flexibility index (Phi) is 4.27. The van der Waals surface area contributed by atoms with Crippen molar-refractivity contribution < 1.29 is 14.3 Å². The second-order valence-corrected chi connectivity index (χ2v) is 6.07. The molecule has 0 radical (unpaired) electrons. The molecule has 1 N–H and O–H groups in total. The van der Waals surface area contributed by atoms with E-state index in [4.69, 9.17) is 21.1 Å². The highest BCUT2D eigenvalue weighted by molar-refractivity contribution is 6.32. The topological polar surface area (TPSA) is 50.8 Å². The molecule has 2 aliphatic rings. The first-order valence-corrected chi connectivity index (χ1v) is 7.66. The predicted octanol–water partition coefficient (Wildman–Crippen LogP) is 3.30. The first kappa shape index (κ1) is 15.2. The van der Waals surface area contributed by atoms with Gasteiger partial charge in [0.05, 0.1) is 12.1 Å². The number of hydrogen-bond acceptors (Lipinski definition) is 4. The first-order valence-electron chi connectivity index (χ1n) is 7.28. The number of halogens is 1. The van der Waals surface area contributed by atoms with Crippen LogP contribution in [0.2, 0.25) is 5.02 Å². The van der Waals surface area contributed by atoms with Crippen LogP contribution in [-0.4, -0.2) is 43.3 Å². The number of likely N-dealkylation sites (N-methyl/N-ethyl adjacent to an activating group) is 1. The van der Waals surface area contributed by atoms with Gasteiger partial charge in [0.15, 0.2) is 0 Å². The number of carbonyl (C=O) groups excluding carboxylic acids is 1. The molecular formula is C16H19ClN2O3. The Balaban J connectivity index is 1.56. The molecule has 3 rings (SSSR count). The Morgan fingerprint density at radius 3 is 2.59 bits per heavy atom. The fraction of sp³-hybridized carbons (Fsp3) is 0.438. The summed E-state index contributed by atoms with van der Waals surface area (Å²) in [6.45, 7) is 0. The van der Waals surface area contributed by atoms with Gasteiger partial charge in [0.2, 0.25) is 0 Å². The van der Waals surface area contributed by atoms with Crippen molar-refractivity contribution in [1.82, 2.24) is 4.90 Å². The number of hydrogen-bond donors (Lipinski definition) is 1. The number of rotatable bonds is 3. The van der Waals surface area contributed by atoms with E-state index < -0.39 is 6.09 Å². The van der Waals surface area contributed by atoms with Crippen molar-refractivity contribution in [3.63, 3.8) is 0 Å². The van der Waals surface area contributed by atoms with E-state index in [9.17, 15) is 4.79 Å². The standard InChI is InChI=1S/C16H19ClN2O3/c1-19-11-4-5-12(19)9-13(8-11)22-16(20)18-10-3-6-15(21-2)14(17)7-10/h3-7,11-13H,8-9H2,1-2H3,(H,18,20)/t11-,12+,13?. The summed E-state index contributed by atoms with van der Waals surface area (Å²) in [6, 6.07) is 5.81. The van der Waals surface area contributed by atoms with Crippen LogP contribution < -0.4 is 10.1 Å². The van der Waals surface area contributed by atoms with E-state index in [-0.39, 0.29) is 6.10 Å². The van der Waals surface area contributed by atoms with Gasteiger partial charge < -0.3 is 9.47 Å². The van der Waals surface area contributed by atoms with Crippen molar-refractivity contribution in [3.05, 3.63) is 35.4 Å². The molecule has 1 aromatic carbocycles. The zero-order valence-corrected chi connectivity index (χ0v) is 13.3. The summed E-state index contributed by atoms with van der Waals surface area (Å²) in [6.07, 6.45) is 5.54. The van der Waals surface area contributed by atoms with E-state index in [0.29, 0.717) is 28.5 Å². The van der Waals surface area contributed by atoms with Gasteiger partial charge in [0.1, 0.15) is 11.9 Å². The number of nitrogens with one attached hydrogen (secondary N) is 1. The minimum absolute atomic E-state index is 0.0603. The largest absolute Gasteiger partial charge is 0.495 e. The Morgan fingerprint density at radius 1 is 1.32 bits per heavy atom. The van der Waals surface area contributed by atoms with Crippen molar-refractivity contribution in [3.8, 4) is 5.75 Å². The average molecular weight is 323 g/mol. The third kappa shape index (κ3) is 3.05. The summed E-state index contributed by atoms with van der Waals surface area (Å²) >= 11 is 6.04. The highest BCUT2D eigenvalue weighted by Gasteiger charge is 2.36. The van der Waals surface area contributed by atoms with Crippen LogP contribution in [0, 0.1) is 0 Å². The molecule has 2 heterocycles. The monoisotopic (exact) mass is 322 g/mol. The summed E-state index contributed by atoms with van der Waals surface area (Å²) < 4.78 is 10.6. The van der Waals surface area contributed by atoms with Crippen LogP contribution in [0.5, 0.6) is 5.75 Å². The third-order valence-corrected chi connectivity index (χ3v) is 4.58. The van der Waals surface area contributed by atoms with Crippen molar-refractivity contribution in [2.75, 3.05) is 19.5 Å². The average Bonchev–Trinajstić information content (AvgIpc) is 2.70. The molecule has 1 fully saturated rings. The molecule has 0 aromatic heterocycles. The zero-order chi connectivity index (χ0) is 15.7. The molecule has 2 aliphatic heterocycles. The molecule has 2 bridgehead atoms. The smallest absolute Gasteiger partial charge is 0.411 e. The maximum absolute atomic E-state index is 12.0. The number of ether oxygens (including phenoxy) is 2. The van der Waals surface area contributed by atoms with E-state index in [2.05, 4.69) is 29.4 Å². The van der Waals surface area contributed by atoms with E-state index >= 15 is 0 Å². The van der Waals surface area contributed by atoms with E-state index in [0.717, 1.165) is 12.8 Å². The van der Waals surface area contributed by atoms with Gasteiger partial charge in [-0.1, -0.05) is 23.8 Å². The highest BCUT2D eigenvalue weighted by atomic mass is 35.5. The van der Waals surface area contributed by atoms with Gasteiger partial charge in [-0.25, -0.2) is 4.79 Å². The van der Waals surface area contributed by atoms with E-state index in [1.54, 1.807) is 25.3 Å². The molecule has 1 unspecified atom stereocenters. The third-order valence-electron chi connectivity index (χ3n) is 4.28. The van der Waals surface area contributed by atoms with Crippen molar-refractivity contribution in [2.45, 2.75) is 31.0 Å². The molecule has 0 aliphatic carbocycles.